The lowest BCUT2D eigenvalue weighted by Crippen LogP contribution is -2.43. The fourth-order valence-corrected chi connectivity index (χ4v) is 4.52. The Morgan fingerprint density at radius 2 is 1.93 bits per heavy atom. The number of amides is 1. The smallest absolute Gasteiger partial charge is 0.260 e. The van der Waals surface area contributed by atoms with Gasteiger partial charge in [0.15, 0.2) is 5.13 Å². The normalized spacial score (nSPS) is 15.0. The lowest BCUT2D eigenvalue weighted by molar-refractivity contribution is 0.0391. The number of carbonyl (C=O) groups excluding carboxylic acids is 1. The van der Waals surface area contributed by atoms with E-state index < -0.39 is 0 Å². The highest BCUT2D eigenvalue weighted by Gasteiger charge is 2.23. The van der Waals surface area contributed by atoms with Gasteiger partial charge < -0.3 is 4.74 Å². The molecule has 6 heteroatoms. The molecule has 0 saturated carbocycles. The van der Waals surface area contributed by atoms with Crippen molar-refractivity contribution in [2.45, 2.75) is 13.3 Å². The fourth-order valence-electron chi connectivity index (χ4n) is 3.48. The summed E-state index contributed by atoms with van der Waals surface area (Å²) in [5, 5.41) is 0.776. The molecule has 1 amide bonds. The molecule has 0 N–H and O–H groups in total. The lowest BCUT2D eigenvalue weighted by Gasteiger charge is -2.29. The van der Waals surface area contributed by atoms with Gasteiger partial charge in [-0.3, -0.25) is 14.6 Å². The second kappa shape index (κ2) is 8.82. The van der Waals surface area contributed by atoms with Crippen LogP contribution in [0, 0.1) is 0 Å². The molecule has 0 aliphatic carbocycles. The minimum atomic E-state index is 0.00552. The van der Waals surface area contributed by atoms with E-state index in [9.17, 15) is 4.79 Å². The number of anilines is 1. The molecule has 4 rings (SSSR count). The summed E-state index contributed by atoms with van der Waals surface area (Å²) in [7, 11) is 0. The zero-order chi connectivity index (χ0) is 19.3. The third-order valence-electron chi connectivity index (χ3n) is 5.11. The van der Waals surface area contributed by atoms with E-state index in [0.717, 1.165) is 54.6 Å². The van der Waals surface area contributed by atoms with Crippen LogP contribution in [0.15, 0.2) is 48.5 Å². The van der Waals surface area contributed by atoms with E-state index in [1.165, 1.54) is 5.56 Å². The number of nitrogens with zero attached hydrogens (tertiary/aromatic N) is 3. The van der Waals surface area contributed by atoms with E-state index in [2.05, 4.69) is 30.0 Å². The highest BCUT2D eigenvalue weighted by molar-refractivity contribution is 7.22. The van der Waals surface area contributed by atoms with Crippen LogP contribution < -0.4 is 4.90 Å². The van der Waals surface area contributed by atoms with Crippen molar-refractivity contribution >= 4 is 32.6 Å². The average Bonchev–Trinajstić information content (AvgIpc) is 3.19. The second-order valence-corrected chi connectivity index (χ2v) is 7.90. The van der Waals surface area contributed by atoms with Crippen molar-refractivity contribution in [3.05, 3.63) is 59.7 Å². The Labute approximate surface area is 169 Å². The zero-order valence-corrected chi connectivity index (χ0v) is 17.0. The number of fused-ring (bicyclic) bond motifs is 1. The number of carbonyl (C=O) groups is 1. The molecule has 0 atom stereocenters. The van der Waals surface area contributed by atoms with Gasteiger partial charge in [-0.1, -0.05) is 48.6 Å². The highest BCUT2D eigenvalue weighted by Crippen LogP contribution is 2.31. The van der Waals surface area contributed by atoms with Crippen LogP contribution in [-0.2, 0) is 11.2 Å². The maximum absolute atomic E-state index is 13.3. The molecule has 2 aromatic carbocycles. The number of ether oxygens (including phenoxy) is 1. The van der Waals surface area contributed by atoms with Crippen molar-refractivity contribution < 1.29 is 9.53 Å². The number of rotatable bonds is 6. The van der Waals surface area contributed by atoms with E-state index >= 15 is 0 Å². The summed E-state index contributed by atoms with van der Waals surface area (Å²) < 4.78 is 6.57. The molecule has 0 bridgehead atoms. The molecule has 0 unspecified atom stereocenters. The zero-order valence-electron chi connectivity index (χ0n) is 16.1. The number of thiazole rings is 1. The van der Waals surface area contributed by atoms with Gasteiger partial charge >= 0.3 is 0 Å². The first-order chi connectivity index (χ1) is 13.8. The third kappa shape index (κ3) is 4.09. The Morgan fingerprint density at radius 1 is 1.14 bits per heavy atom. The molecule has 0 spiro atoms. The number of benzene rings is 2. The largest absolute Gasteiger partial charge is 0.379 e. The molecule has 1 aliphatic rings. The molecule has 1 aliphatic heterocycles. The van der Waals surface area contributed by atoms with E-state index in [4.69, 9.17) is 9.72 Å². The summed E-state index contributed by atoms with van der Waals surface area (Å²) in [4.78, 5) is 22.4. The number of aromatic nitrogens is 1. The predicted octanol–water partition coefficient (Wildman–Crippen LogP) is 3.84. The molecule has 3 aromatic rings. The average molecular weight is 396 g/mol. The molecule has 1 saturated heterocycles. The molecule has 1 aromatic heterocycles. The summed E-state index contributed by atoms with van der Waals surface area (Å²) in [6.07, 6.45) is 0.931. The van der Waals surface area contributed by atoms with Crippen molar-refractivity contribution in [1.82, 2.24) is 9.88 Å². The minimum absolute atomic E-state index is 0.00552. The molecule has 5 nitrogen and oxygen atoms in total. The van der Waals surface area contributed by atoms with Crippen molar-refractivity contribution in [1.29, 1.82) is 0 Å². The van der Waals surface area contributed by atoms with Crippen molar-refractivity contribution in [2.24, 2.45) is 0 Å². The summed E-state index contributed by atoms with van der Waals surface area (Å²) in [6, 6.07) is 15.7. The molecule has 146 valence electrons. The number of hydrogen-bond donors (Lipinski definition) is 0. The van der Waals surface area contributed by atoms with Gasteiger partial charge in [-0.05, 0) is 30.2 Å². The van der Waals surface area contributed by atoms with Crippen LogP contribution >= 0.6 is 11.3 Å². The fraction of sp³-hybridized carbons (Fsp3) is 0.364. The SMILES string of the molecule is CCc1cccc2sc(N(CCN3CCOCC3)C(=O)c3ccccc3)nc12. The van der Waals surface area contributed by atoms with E-state index in [1.54, 1.807) is 11.3 Å². The lowest BCUT2D eigenvalue weighted by atomic mass is 10.1. The van der Waals surface area contributed by atoms with Gasteiger partial charge in [-0.25, -0.2) is 4.98 Å². The summed E-state index contributed by atoms with van der Waals surface area (Å²) in [5.74, 6) is 0.00552. The first-order valence-corrected chi connectivity index (χ1v) is 10.6. The molecular weight excluding hydrogens is 370 g/mol. The minimum Gasteiger partial charge on any atom is -0.379 e. The van der Waals surface area contributed by atoms with Crippen LogP contribution in [-0.4, -0.2) is 55.2 Å². The van der Waals surface area contributed by atoms with Crippen LogP contribution in [0.4, 0.5) is 5.13 Å². The van der Waals surface area contributed by atoms with Gasteiger partial charge in [-0.2, -0.15) is 0 Å². The van der Waals surface area contributed by atoms with Gasteiger partial charge in [0, 0.05) is 31.7 Å². The Kier molecular flexibility index (Phi) is 6.00. The van der Waals surface area contributed by atoms with Gasteiger partial charge in [-0.15, -0.1) is 0 Å². The summed E-state index contributed by atoms with van der Waals surface area (Å²) >= 11 is 1.60. The third-order valence-corrected chi connectivity index (χ3v) is 6.16. The van der Waals surface area contributed by atoms with Crippen molar-refractivity contribution in [3.63, 3.8) is 0 Å². The van der Waals surface area contributed by atoms with Gasteiger partial charge in [0.05, 0.1) is 23.4 Å². The molecular formula is C22H25N3O2S. The van der Waals surface area contributed by atoms with E-state index in [0.29, 0.717) is 12.1 Å². The first kappa shape index (κ1) is 19.1. The van der Waals surface area contributed by atoms with Gasteiger partial charge in [0.25, 0.3) is 5.91 Å². The summed E-state index contributed by atoms with van der Waals surface area (Å²) in [6.45, 7) is 6.91. The second-order valence-electron chi connectivity index (χ2n) is 6.89. The Bertz CT molecular complexity index is 935. The molecule has 1 fully saturated rings. The van der Waals surface area contributed by atoms with Crippen LogP contribution in [0.1, 0.15) is 22.8 Å². The van der Waals surface area contributed by atoms with Crippen LogP contribution in [0.5, 0.6) is 0 Å². The monoisotopic (exact) mass is 395 g/mol. The van der Waals surface area contributed by atoms with Crippen LogP contribution in [0.25, 0.3) is 10.2 Å². The number of para-hydroxylation sites is 1. The predicted molar refractivity (Wildman–Crippen MR) is 114 cm³/mol. The molecule has 28 heavy (non-hydrogen) atoms. The Morgan fingerprint density at radius 3 is 2.68 bits per heavy atom. The van der Waals surface area contributed by atoms with Gasteiger partial charge in [0.2, 0.25) is 0 Å². The van der Waals surface area contributed by atoms with Crippen LogP contribution in [0.2, 0.25) is 0 Å². The summed E-state index contributed by atoms with van der Waals surface area (Å²) in [5.41, 5.74) is 2.93. The number of hydrogen-bond acceptors (Lipinski definition) is 5. The van der Waals surface area contributed by atoms with Crippen molar-refractivity contribution in [2.75, 3.05) is 44.3 Å². The maximum Gasteiger partial charge on any atom is 0.260 e. The number of morpholine rings is 1. The Balaban J connectivity index is 1.64. The van der Waals surface area contributed by atoms with Crippen molar-refractivity contribution in [3.8, 4) is 0 Å². The highest BCUT2D eigenvalue weighted by atomic mass is 32.1. The first-order valence-electron chi connectivity index (χ1n) is 9.81. The van der Waals surface area contributed by atoms with E-state index in [1.807, 2.05) is 35.2 Å². The van der Waals surface area contributed by atoms with E-state index in [-0.39, 0.29) is 5.91 Å². The molecule has 2 heterocycles. The topological polar surface area (TPSA) is 45.7 Å². The van der Waals surface area contributed by atoms with Gasteiger partial charge in [0.1, 0.15) is 0 Å². The Hall–Kier alpha value is -2.28. The quantitative estimate of drug-likeness (QED) is 0.636. The standard InChI is InChI=1S/C22H25N3O2S/c1-2-17-9-6-10-19-20(17)23-22(28-19)25(12-11-24-13-15-27-16-14-24)21(26)18-7-4-3-5-8-18/h3-10H,2,11-16H2,1H3. The number of aryl methyl sites for hydroxylation is 1. The van der Waals surface area contributed by atoms with Crippen LogP contribution in [0.3, 0.4) is 0 Å². The maximum atomic E-state index is 13.3. The molecule has 0 radical (unpaired) electrons.